The zero-order valence-corrected chi connectivity index (χ0v) is 16.0. The van der Waals surface area contributed by atoms with Gasteiger partial charge in [-0.3, -0.25) is 0 Å². The highest BCUT2D eigenvalue weighted by Gasteiger charge is 2.15. The number of hydrogen-bond donors (Lipinski definition) is 1. The van der Waals surface area contributed by atoms with Crippen molar-refractivity contribution in [2.45, 2.75) is 33.7 Å². The Bertz CT molecular complexity index is 1170. The summed E-state index contributed by atoms with van der Waals surface area (Å²) in [6.07, 6.45) is 1.01. The van der Waals surface area contributed by atoms with Gasteiger partial charge in [0.25, 0.3) is 0 Å². The largest absolute Gasteiger partial charge is 0.410 e. The van der Waals surface area contributed by atoms with Gasteiger partial charge in [0.2, 0.25) is 0 Å². The maximum Gasteiger partial charge on any atom is 0.117 e. The molecule has 1 heterocycles. The summed E-state index contributed by atoms with van der Waals surface area (Å²) in [4.78, 5) is 0. The van der Waals surface area contributed by atoms with Crippen molar-refractivity contribution in [1.82, 2.24) is 4.57 Å². The third-order valence-corrected chi connectivity index (χ3v) is 5.43. The predicted octanol–water partition coefficient (Wildman–Crippen LogP) is 5.91. The molecule has 3 nitrogen and oxygen atoms in total. The third kappa shape index (κ3) is 2.80. The summed E-state index contributed by atoms with van der Waals surface area (Å²) in [7, 11) is 0. The van der Waals surface area contributed by atoms with Crippen LogP contribution in [0.1, 0.15) is 36.1 Å². The lowest BCUT2D eigenvalue weighted by molar-refractivity contribution is 0.319. The Morgan fingerprint density at radius 1 is 0.926 bits per heavy atom. The second-order valence-electron chi connectivity index (χ2n) is 6.94. The standard InChI is InChI=1S/C24H24N2O/c1-4-17-10-12-22-20(14-17)21-15-18(11-13-23(21)26(22)5-2)24(25-27)19-9-7-6-8-16(19)3/h6-15,27H,4-5H2,1-3H3. The van der Waals surface area contributed by atoms with Crippen LogP contribution in [-0.2, 0) is 13.0 Å². The average Bonchev–Trinajstić information content (AvgIpc) is 3.02. The fourth-order valence-corrected chi connectivity index (χ4v) is 3.96. The lowest BCUT2D eigenvalue weighted by Gasteiger charge is -2.09. The molecule has 0 aliphatic rings. The van der Waals surface area contributed by atoms with E-state index >= 15 is 0 Å². The number of oxime groups is 1. The molecule has 0 amide bonds. The van der Waals surface area contributed by atoms with Crippen molar-refractivity contribution in [1.29, 1.82) is 0 Å². The summed E-state index contributed by atoms with van der Waals surface area (Å²) in [5.41, 5.74) is 7.38. The Morgan fingerprint density at radius 2 is 1.63 bits per heavy atom. The van der Waals surface area contributed by atoms with Crippen LogP contribution < -0.4 is 0 Å². The lowest BCUT2D eigenvalue weighted by Crippen LogP contribution is -2.05. The van der Waals surface area contributed by atoms with Crippen LogP contribution in [-0.4, -0.2) is 15.5 Å². The first-order valence-corrected chi connectivity index (χ1v) is 9.51. The van der Waals surface area contributed by atoms with Crippen LogP contribution in [0, 0.1) is 6.92 Å². The van der Waals surface area contributed by atoms with Gasteiger partial charge in [-0.25, -0.2) is 0 Å². The molecule has 0 spiro atoms. The van der Waals surface area contributed by atoms with E-state index in [0.29, 0.717) is 5.71 Å². The number of rotatable bonds is 4. The van der Waals surface area contributed by atoms with Crippen molar-refractivity contribution >= 4 is 27.5 Å². The summed E-state index contributed by atoms with van der Waals surface area (Å²) in [5.74, 6) is 0. The zero-order valence-electron chi connectivity index (χ0n) is 16.0. The number of aryl methyl sites for hydroxylation is 3. The summed E-state index contributed by atoms with van der Waals surface area (Å²) in [5, 5.41) is 15.9. The number of benzene rings is 3. The van der Waals surface area contributed by atoms with E-state index in [4.69, 9.17) is 0 Å². The molecule has 27 heavy (non-hydrogen) atoms. The highest BCUT2D eigenvalue weighted by molar-refractivity contribution is 6.17. The van der Waals surface area contributed by atoms with Crippen molar-refractivity contribution in [3.8, 4) is 0 Å². The van der Waals surface area contributed by atoms with Gasteiger partial charge in [0.05, 0.1) is 0 Å². The SMILES string of the molecule is CCc1ccc2c(c1)c1cc(C(=NO)c3ccccc3C)ccc1n2CC. The molecule has 4 aromatic rings. The second-order valence-corrected chi connectivity index (χ2v) is 6.94. The van der Waals surface area contributed by atoms with Crippen LogP contribution in [0.5, 0.6) is 0 Å². The molecule has 0 saturated carbocycles. The monoisotopic (exact) mass is 356 g/mol. The highest BCUT2D eigenvalue weighted by atomic mass is 16.4. The van der Waals surface area contributed by atoms with Crippen molar-refractivity contribution in [3.05, 3.63) is 82.9 Å². The van der Waals surface area contributed by atoms with Crippen molar-refractivity contribution in [2.75, 3.05) is 0 Å². The van der Waals surface area contributed by atoms with E-state index in [1.54, 1.807) is 0 Å². The van der Waals surface area contributed by atoms with Crippen molar-refractivity contribution in [2.24, 2.45) is 5.16 Å². The molecule has 0 atom stereocenters. The van der Waals surface area contributed by atoms with Gasteiger partial charge in [-0.2, -0.15) is 0 Å². The van der Waals surface area contributed by atoms with Gasteiger partial charge in [-0.05, 0) is 55.7 Å². The van der Waals surface area contributed by atoms with Crippen LogP contribution in [0.2, 0.25) is 0 Å². The van der Waals surface area contributed by atoms with E-state index in [1.165, 1.54) is 27.4 Å². The molecular formula is C24H24N2O. The molecule has 1 aromatic heterocycles. The molecule has 0 unspecified atom stereocenters. The summed E-state index contributed by atoms with van der Waals surface area (Å²) in [6, 6.07) is 21.1. The minimum absolute atomic E-state index is 0.610. The lowest BCUT2D eigenvalue weighted by atomic mass is 9.97. The molecule has 0 aliphatic carbocycles. The van der Waals surface area contributed by atoms with E-state index in [-0.39, 0.29) is 0 Å². The minimum atomic E-state index is 0.610. The Morgan fingerprint density at radius 3 is 2.30 bits per heavy atom. The molecule has 0 bridgehead atoms. The average molecular weight is 356 g/mol. The van der Waals surface area contributed by atoms with Crippen LogP contribution in [0.25, 0.3) is 21.8 Å². The van der Waals surface area contributed by atoms with Gasteiger partial charge in [0.15, 0.2) is 0 Å². The van der Waals surface area contributed by atoms with E-state index in [2.05, 4.69) is 60.0 Å². The summed E-state index contributed by atoms with van der Waals surface area (Å²) >= 11 is 0. The zero-order chi connectivity index (χ0) is 19.0. The van der Waals surface area contributed by atoms with Gasteiger partial charge in [0.1, 0.15) is 5.71 Å². The van der Waals surface area contributed by atoms with Crippen LogP contribution in [0.15, 0.2) is 65.8 Å². The number of aromatic nitrogens is 1. The maximum absolute atomic E-state index is 9.76. The summed E-state index contributed by atoms with van der Waals surface area (Å²) in [6.45, 7) is 7.31. The molecule has 0 aliphatic heterocycles. The normalized spacial score (nSPS) is 12.2. The summed E-state index contributed by atoms with van der Waals surface area (Å²) < 4.78 is 2.34. The first kappa shape index (κ1) is 17.3. The molecule has 1 N–H and O–H groups in total. The third-order valence-electron chi connectivity index (χ3n) is 5.43. The number of fused-ring (bicyclic) bond motifs is 3. The molecule has 4 rings (SSSR count). The Labute approximate surface area is 159 Å². The Hall–Kier alpha value is -3.07. The highest BCUT2D eigenvalue weighted by Crippen LogP contribution is 2.31. The van der Waals surface area contributed by atoms with Gasteiger partial charge in [-0.1, -0.05) is 48.5 Å². The van der Waals surface area contributed by atoms with E-state index in [1.807, 2.05) is 31.2 Å². The maximum atomic E-state index is 9.76. The molecule has 3 aromatic carbocycles. The fourth-order valence-electron chi connectivity index (χ4n) is 3.96. The smallest absolute Gasteiger partial charge is 0.117 e. The molecule has 136 valence electrons. The molecule has 0 fully saturated rings. The van der Waals surface area contributed by atoms with Crippen LogP contribution in [0.4, 0.5) is 0 Å². The Kier molecular flexibility index (Phi) is 4.44. The first-order chi connectivity index (χ1) is 13.2. The van der Waals surface area contributed by atoms with Gasteiger partial charge in [-0.15, -0.1) is 0 Å². The van der Waals surface area contributed by atoms with Crippen molar-refractivity contribution in [3.63, 3.8) is 0 Å². The quantitative estimate of drug-likeness (QED) is 0.275. The second kappa shape index (κ2) is 6.92. The van der Waals surface area contributed by atoms with E-state index < -0.39 is 0 Å². The van der Waals surface area contributed by atoms with Gasteiger partial charge >= 0.3 is 0 Å². The van der Waals surface area contributed by atoms with E-state index in [0.717, 1.165) is 29.7 Å². The molecule has 0 radical (unpaired) electrons. The minimum Gasteiger partial charge on any atom is -0.410 e. The number of hydrogen-bond acceptors (Lipinski definition) is 2. The molecular weight excluding hydrogens is 332 g/mol. The predicted molar refractivity (Wildman–Crippen MR) is 113 cm³/mol. The van der Waals surface area contributed by atoms with E-state index in [9.17, 15) is 5.21 Å². The number of nitrogens with zero attached hydrogens (tertiary/aromatic N) is 2. The molecule has 3 heteroatoms. The fraction of sp³-hybridized carbons (Fsp3) is 0.208. The van der Waals surface area contributed by atoms with Crippen LogP contribution >= 0.6 is 0 Å². The topological polar surface area (TPSA) is 37.5 Å². The van der Waals surface area contributed by atoms with Gasteiger partial charge < -0.3 is 9.77 Å². The van der Waals surface area contributed by atoms with Crippen molar-refractivity contribution < 1.29 is 5.21 Å². The van der Waals surface area contributed by atoms with Crippen LogP contribution in [0.3, 0.4) is 0 Å². The molecule has 0 saturated heterocycles. The van der Waals surface area contributed by atoms with Gasteiger partial charge in [0, 0.05) is 39.5 Å². The Balaban J connectivity index is 1.99. The first-order valence-electron chi connectivity index (χ1n) is 9.51.